The number of rotatable bonds is 2. The number of nitrogens with zero attached hydrogens (tertiary/aromatic N) is 4. The van der Waals surface area contributed by atoms with Gasteiger partial charge in [0.25, 0.3) is 11.4 Å². The third-order valence-electron chi connectivity index (χ3n) is 3.30. The summed E-state index contributed by atoms with van der Waals surface area (Å²) in [6.45, 7) is 0. The van der Waals surface area contributed by atoms with Crippen LogP contribution in [-0.4, -0.2) is 30.2 Å². The molecule has 10 nitrogen and oxygen atoms in total. The highest BCUT2D eigenvalue weighted by atomic mass is 16.6. The van der Waals surface area contributed by atoms with Gasteiger partial charge < -0.3 is 0 Å². The van der Waals surface area contributed by atoms with Crippen molar-refractivity contribution in [2.45, 2.75) is 0 Å². The summed E-state index contributed by atoms with van der Waals surface area (Å²) >= 11 is 0. The Labute approximate surface area is 133 Å². The van der Waals surface area contributed by atoms with Crippen molar-refractivity contribution in [1.29, 1.82) is 0 Å². The van der Waals surface area contributed by atoms with Crippen LogP contribution >= 0.6 is 0 Å². The molecule has 0 radical (unpaired) electrons. The van der Waals surface area contributed by atoms with Crippen molar-refractivity contribution in [3.05, 3.63) is 69.0 Å². The number of hydrogen-bond acceptors (Lipinski definition) is 6. The van der Waals surface area contributed by atoms with Gasteiger partial charge in [-0.25, -0.2) is 0 Å². The van der Waals surface area contributed by atoms with Crippen LogP contribution in [0.4, 0.5) is 11.4 Å². The van der Waals surface area contributed by atoms with Crippen LogP contribution in [0.5, 0.6) is 0 Å². The summed E-state index contributed by atoms with van der Waals surface area (Å²) in [5.74, 6) is 0. The Hall–Kier alpha value is -3.82. The van der Waals surface area contributed by atoms with Crippen molar-refractivity contribution in [3.8, 4) is 0 Å². The van der Waals surface area contributed by atoms with Gasteiger partial charge in [0.2, 0.25) is 0 Å². The van der Waals surface area contributed by atoms with Crippen LogP contribution in [0.15, 0.2) is 48.8 Å². The lowest BCUT2D eigenvalue weighted by Gasteiger charge is -1.90. The number of hydrogen-bond donors (Lipinski definition) is 2. The number of nitro groups is 2. The van der Waals surface area contributed by atoms with Crippen molar-refractivity contribution in [2.24, 2.45) is 0 Å². The number of aromatic nitrogens is 4. The number of benzene rings is 2. The average Bonchev–Trinajstić information content (AvgIpc) is 3.23. The number of para-hydroxylation sites is 2. The van der Waals surface area contributed by atoms with E-state index in [1.807, 2.05) is 0 Å². The van der Waals surface area contributed by atoms with E-state index in [9.17, 15) is 20.2 Å². The zero-order valence-corrected chi connectivity index (χ0v) is 12.0. The lowest BCUT2D eigenvalue weighted by Crippen LogP contribution is -1.88. The second-order valence-corrected chi connectivity index (χ2v) is 4.74. The Morgan fingerprint density at radius 2 is 1.17 bits per heavy atom. The minimum Gasteiger partial charge on any atom is -0.271 e. The van der Waals surface area contributed by atoms with Crippen molar-refractivity contribution in [1.82, 2.24) is 20.4 Å². The van der Waals surface area contributed by atoms with Gasteiger partial charge >= 0.3 is 0 Å². The molecule has 120 valence electrons. The van der Waals surface area contributed by atoms with E-state index in [1.165, 1.54) is 12.1 Å². The molecule has 0 bridgehead atoms. The fourth-order valence-electron chi connectivity index (χ4n) is 2.21. The molecule has 0 atom stereocenters. The molecular weight excluding hydrogens is 316 g/mol. The molecule has 4 aromatic rings. The van der Waals surface area contributed by atoms with Gasteiger partial charge in [-0.1, -0.05) is 24.3 Å². The van der Waals surface area contributed by atoms with E-state index >= 15 is 0 Å². The molecule has 4 rings (SSSR count). The highest BCUT2D eigenvalue weighted by Crippen LogP contribution is 2.22. The lowest BCUT2D eigenvalue weighted by molar-refractivity contribution is -0.383. The van der Waals surface area contributed by atoms with E-state index in [1.54, 1.807) is 36.7 Å². The van der Waals surface area contributed by atoms with E-state index in [4.69, 9.17) is 0 Å². The van der Waals surface area contributed by atoms with Gasteiger partial charge in [0.15, 0.2) is 0 Å². The molecule has 10 heteroatoms. The topological polar surface area (TPSA) is 144 Å². The van der Waals surface area contributed by atoms with Crippen LogP contribution in [0, 0.1) is 20.2 Å². The number of nitro benzene ring substituents is 2. The summed E-state index contributed by atoms with van der Waals surface area (Å²) in [5.41, 5.74) is 1.07. The molecule has 0 unspecified atom stereocenters. The zero-order chi connectivity index (χ0) is 17.1. The highest BCUT2D eigenvalue weighted by molar-refractivity contribution is 5.87. The smallest absolute Gasteiger partial charge is 0.271 e. The molecule has 0 saturated carbocycles. The first-order valence-electron chi connectivity index (χ1n) is 6.71. The van der Waals surface area contributed by atoms with Gasteiger partial charge in [-0.05, 0) is 0 Å². The maximum Gasteiger partial charge on any atom is 0.294 e. The molecule has 24 heavy (non-hydrogen) atoms. The standard InChI is InChI=1S/2C7H5N3O2/c2*11-10(12)6-3-1-2-5-4-8-9-7(5)6/h2*1-4H,(H,8,9). The SMILES string of the molecule is O=[N+]([O-])c1cccc2cn[nH]c12.O=[N+]([O-])c1cccc2cn[nH]c12. The number of H-pyrrole nitrogens is 2. The van der Waals surface area contributed by atoms with E-state index in [2.05, 4.69) is 20.4 Å². The molecule has 2 N–H and O–H groups in total. The summed E-state index contributed by atoms with van der Waals surface area (Å²) in [7, 11) is 0. The zero-order valence-electron chi connectivity index (χ0n) is 12.0. The summed E-state index contributed by atoms with van der Waals surface area (Å²) < 4.78 is 0. The summed E-state index contributed by atoms with van der Waals surface area (Å²) in [6.07, 6.45) is 3.12. The Balaban J connectivity index is 0.000000141. The number of fused-ring (bicyclic) bond motifs is 2. The summed E-state index contributed by atoms with van der Waals surface area (Å²) in [6, 6.07) is 9.70. The first-order chi connectivity index (χ1) is 11.6. The Bertz CT molecular complexity index is 954. The van der Waals surface area contributed by atoms with Crippen LogP contribution in [0.25, 0.3) is 21.8 Å². The van der Waals surface area contributed by atoms with Crippen molar-refractivity contribution < 1.29 is 9.85 Å². The van der Waals surface area contributed by atoms with Gasteiger partial charge in [0.05, 0.1) is 22.2 Å². The molecule has 2 heterocycles. The number of aromatic amines is 2. The maximum absolute atomic E-state index is 10.5. The van der Waals surface area contributed by atoms with Gasteiger partial charge in [-0.2, -0.15) is 10.2 Å². The molecule has 2 aromatic heterocycles. The Morgan fingerprint density at radius 3 is 1.54 bits per heavy atom. The first-order valence-corrected chi connectivity index (χ1v) is 6.71. The maximum atomic E-state index is 10.5. The van der Waals surface area contributed by atoms with E-state index in [-0.39, 0.29) is 11.4 Å². The fourth-order valence-corrected chi connectivity index (χ4v) is 2.21. The Kier molecular flexibility index (Phi) is 3.85. The molecule has 2 aromatic carbocycles. The molecule has 0 saturated heterocycles. The molecular formula is C14H10N6O4. The van der Waals surface area contributed by atoms with Gasteiger partial charge in [0, 0.05) is 22.9 Å². The van der Waals surface area contributed by atoms with Crippen LogP contribution in [0.2, 0.25) is 0 Å². The molecule has 0 amide bonds. The summed E-state index contributed by atoms with van der Waals surface area (Å²) in [5, 5.41) is 35.0. The quantitative estimate of drug-likeness (QED) is 0.428. The third-order valence-corrected chi connectivity index (χ3v) is 3.30. The van der Waals surface area contributed by atoms with Gasteiger partial charge in [-0.15, -0.1) is 0 Å². The monoisotopic (exact) mass is 326 g/mol. The number of nitrogens with one attached hydrogen (secondary N) is 2. The van der Waals surface area contributed by atoms with E-state index in [0.29, 0.717) is 11.0 Å². The summed E-state index contributed by atoms with van der Waals surface area (Å²) in [4.78, 5) is 20.1. The Morgan fingerprint density at radius 1 is 0.750 bits per heavy atom. The molecule has 0 fully saturated rings. The minimum atomic E-state index is -0.430. The number of non-ortho nitro benzene ring substituents is 2. The highest BCUT2D eigenvalue weighted by Gasteiger charge is 2.12. The fraction of sp³-hybridized carbons (Fsp3) is 0. The lowest BCUT2D eigenvalue weighted by atomic mass is 10.2. The van der Waals surface area contributed by atoms with Crippen LogP contribution in [0.3, 0.4) is 0 Å². The third kappa shape index (κ3) is 2.75. The normalized spacial score (nSPS) is 10.3. The van der Waals surface area contributed by atoms with E-state index < -0.39 is 9.85 Å². The van der Waals surface area contributed by atoms with Crippen LogP contribution in [-0.2, 0) is 0 Å². The van der Waals surface area contributed by atoms with Crippen molar-refractivity contribution in [3.63, 3.8) is 0 Å². The predicted octanol–water partition coefficient (Wildman–Crippen LogP) is 2.94. The second-order valence-electron chi connectivity index (χ2n) is 4.74. The average molecular weight is 326 g/mol. The van der Waals surface area contributed by atoms with Crippen molar-refractivity contribution >= 4 is 33.2 Å². The molecule has 0 aliphatic carbocycles. The van der Waals surface area contributed by atoms with E-state index in [0.717, 1.165) is 10.8 Å². The molecule has 0 aliphatic heterocycles. The second kappa shape index (κ2) is 6.12. The minimum absolute atomic E-state index is 0.0602. The molecule has 0 spiro atoms. The largest absolute Gasteiger partial charge is 0.294 e. The van der Waals surface area contributed by atoms with Crippen molar-refractivity contribution in [2.75, 3.05) is 0 Å². The predicted molar refractivity (Wildman–Crippen MR) is 85.5 cm³/mol. The first kappa shape index (κ1) is 15.1. The van der Waals surface area contributed by atoms with Crippen LogP contribution < -0.4 is 0 Å². The van der Waals surface area contributed by atoms with Gasteiger partial charge in [-0.3, -0.25) is 30.4 Å². The van der Waals surface area contributed by atoms with Gasteiger partial charge in [0.1, 0.15) is 11.0 Å². The molecule has 0 aliphatic rings. The van der Waals surface area contributed by atoms with Crippen LogP contribution in [0.1, 0.15) is 0 Å².